The number of carbonyl (C=O) groups is 1. The van der Waals surface area contributed by atoms with Crippen molar-refractivity contribution in [2.75, 3.05) is 30.7 Å². The molecule has 1 aromatic rings. The highest BCUT2D eigenvalue weighted by atomic mass is 35.5. The predicted molar refractivity (Wildman–Crippen MR) is 85.4 cm³/mol. The number of aliphatic hydroxyl groups is 1. The summed E-state index contributed by atoms with van der Waals surface area (Å²) in [5.41, 5.74) is 6.87. The number of aliphatic hydroxyl groups excluding tert-OH is 1. The molecule has 0 bridgehead atoms. The Balaban J connectivity index is 1.93. The molecule has 5 nitrogen and oxygen atoms in total. The van der Waals surface area contributed by atoms with Crippen LogP contribution in [0.25, 0.3) is 0 Å². The molecular formula is C15H22ClN3O2. The van der Waals surface area contributed by atoms with Crippen LogP contribution in [0.15, 0.2) is 18.2 Å². The van der Waals surface area contributed by atoms with Crippen LogP contribution < -0.4 is 11.1 Å². The Labute approximate surface area is 130 Å². The van der Waals surface area contributed by atoms with Crippen LogP contribution >= 0.6 is 11.6 Å². The molecule has 1 aliphatic rings. The second-order valence-corrected chi connectivity index (χ2v) is 5.85. The number of amides is 1. The summed E-state index contributed by atoms with van der Waals surface area (Å²) in [6.45, 7) is 1.20. The van der Waals surface area contributed by atoms with Gasteiger partial charge in [-0.25, -0.2) is 0 Å². The van der Waals surface area contributed by atoms with E-state index in [4.69, 9.17) is 22.4 Å². The molecule has 2 rings (SSSR count). The molecule has 1 amide bonds. The Morgan fingerprint density at radius 1 is 1.48 bits per heavy atom. The van der Waals surface area contributed by atoms with Gasteiger partial charge >= 0.3 is 0 Å². The number of nitrogens with zero attached hydrogens (tertiary/aromatic N) is 1. The molecule has 0 radical (unpaired) electrons. The van der Waals surface area contributed by atoms with Gasteiger partial charge < -0.3 is 16.2 Å². The lowest BCUT2D eigenvalue weighted by Crippen LogP contribution is -2.45. The fourth-order valence-corrected chi connectivity index (χ4v) is 2.60. The minimum Gasteiger partial charge on any atom is -0.397 e. The van der Waals surface area contributed by atoms with Gasteiger partial charge in [-0.05, 0) is 37.5 Å². The Hall–Kier alpha value is -1.30. The van der Waals surface area contributed by atoms with Crippen molar-refractivity contribution in [3.8, 4) is 0 Å². The zero-order chi connectivity index (χ0) is 15.2. The minimum absolute atomic E-state index is 0.103. The average molecular weight is 312 g/mol. The van der Waals surface area contributed by atoms with Gasteiger partial charge in [0.2, 0.25) is 5.91 Å². The van der Waals surface area contributed by atoms with E-state index < -0.39 is 0 Å². The van der Waals surface area contributed by atoms with Crippen LogP contribution in [0, 0.1) is 0 Å². The van der Waals surface area contributed by atoms with Crippen LogP contribution in [0.2, 0.25) is 5.02 Å². The van der Waals surface area contributed by atoms with Crippen molar-refractivity contribution in [1.29, 1.82) is 0 Å². The number of hydrogen-bond donors (Lipinski definition) is 3. The molecule has 6 heteroatoms. The fraction of sp³-hybridized carbons (Fsp3) is 0.533. The van der Waals surface area contributed by atoms with E-state index in [1.807, 2.05) is 0 Å². The lowest BCUT2D eigenvalue weighted by Gasteiger charge is -2.37. The molecule has 1 saturated carbocycles. The maximum Gasteiger partial charge on any atom is 0.238 e. The lowest BCUT2D eigenvalue weighted by molar-refractivity contribution is -0.118. The summed E-state index contributed by atoms with van der Waals surface area (Å²) >= 11 is 5.91. The van der Waals surface area contributed by atoms with Crippen LogP contribution in [-0.2, 0) is 4.79 Å². The van der Waals surface area contributed by atoms with Crippen molar-refractivity contribution in [3.63, 3.8) is 0 Å². The van der Waals surface area contributed by atoms with Crippen molar-refractivity contribution in [3.05, 3.63) is 23.2 Å². The second kappa shape index (κ2) is 7.64. The summed E-state index contributed by atoms with van der Waals surface area (Å²) in [7, 11) is 0. The van der Waals surface area contributed by atoms with Gasteiger partial charge in [-0.15, -0.1) is 0 Å². The van der Waals surface area contributed by atoms with Crippen LogP contribution in [0.3, 0.4) is 0 Å². The fourth-order valence-electron chi connectivity index (χ4n) is 2.43. The highest BCUT2D eigenvalue weighted by molar-refractivity contribution is 6.31. The first-order valence-electron chi connectivity index (χ1n) is 7.30. The first-order chi connectivity index (χ1) is 10.1. The number of anilines is 2. The zero-order valence-electron chi connectivity index (χ0n) is 12.0. The Morgan fingerprint density at radius 3 is 2.86 bits per heavy atom. The molecule has 0 aliphatic heterocycles. The molecule has 0 atom stereocenters. The summed E-state index contributed by atoms with van der Waals surface area (Å²) in [5, 5.41) is 12.3. The number of nitrogens with two attached hydrogens (primary N) is 1. The van der Waals surface area contributed by atoms with Crippen molar-refractivity contribution in [1.82, 2.24) is 4.90 Å². The largest absolute Gasteiger partial charge is 0.397 e. The first kappa shape index (κ1) is 16.1. The van der Waals surface area contributed by atoms with Gasteiger partial charge in [0.25, 0.3) is 0 Å². The molecule has 1 fully saturated rings. The molecule has 0 aromatic heterocycles. The SMILES string of the molecule is Nc1ccc(Cl)cc1NC(=O)CN(CCCO)C1CCC1. The molecule has 1 aliphatic carbocycles. The highest BCUT2D eigenvalue weighted by Crippen LogP contribution is 2.26. The van der Waals surface area contributed by atoms with Crippen molar-refractivity contribution < 1.29 is 9.90 Å². The van der Waals surface area contributed by atoms with Gasteiger partial charge in [0.1, 0.15) is 0 Å². The number of rotatable bonds is 7. The van der Waals surface area contributed by atoms with E-state index in [-0.39, 0.29) is 12.5 Å². The number of benzene rings is 1. The smallest absolute Gasteiger partial charge is 0.238 e. The molecule has 21 heavy (non-hydrogen) atoms. The van der Waals surface area contributed by atoms with E-state index in [0.29, 0.717) is 35.4 Å². The molecule has 0 saturated heterocycles. The van der Waals surface area contributed by atoms with Gasteiger partial charge in [-0.2, -0.15) is 0 Å². The van der Waals surface area contributed by atoms with Crippen LogP contribution in [0.1, 0.15) is 25.7 Å². The summed E-state index contributed by atoms with van der Waals surface area (Å²) in [4.78, 5) is 14.3. The maximum absolute atomic E-state index is 12.2. The number of carbonyl (C=O) groups excluding carboxylic acids is 1. The van der Waals surface area contributed by atoms with Crippen LogP contribution in [0.5, 0.6) is 0 Å². The second-order valence-electron chi connectivity index (χ2n) is 5.41. The minimum atomic E-state index is -0.103. The quantitative estimate of drug-likeness (QED) is 0.674. The topological polar surface area (TPSA) is 78.6 Å². The normalized spacial score (nSPS) is 15.0. The third kappa shape index (κ3) is 4.59. The highest BCUT2D eigenvalue weighted by Gasteiger charge is 2.26. The van der Waals surface area contributed by atoms with E-state index in [0.717, 1.165) is 19.4 Å². The number of nitrogen functional groups attached to an aromatic ring is 1. The van der Waals surface area contributed by atoms with E-state index >= 15 is 0 Å². The summed E-state index contributed by atoms with van der Waals surface area (Å²) in [6.07, 6.45) is 4.14. The zero-order valence-corrected chi connectivity index (χ0v) is 12.8. The van der Waals surface area contributed by atoms with Crippen LogP contribution in [-0.4, -0.2) is 41.7 Å². The van der Waals surface area contributed by atoms with E-state index in [1.165, 1.54) is 6.42 Å². The predicted octanol–water partition coefficient (Wildman–Crippen LogP) is 2.10. The van der Waals surface area contributed by atoms with Crippen molar-refractivity contribution >= 4 is 28.9 Å². The average Bonchev–Trinajstić information content (AvgIpc) is 2.38. The monoisotopic (exact) mass is 311 g/mol. The lowest BCUT2D eigenvalue weighted by atomic mass is 9.91. The molecule has 0 heterocycles. The number of halogens is 1. The van der Waals surface area contributed by atoms with Gasteiger partial charge in [0.05, 0.1) is 17.9 Å². The molecule has 4 N–H and O–H groups in total. The van der Waals surface area contributed by atoms with E-state index in [9.17, 15) is 4.79 Å². The van der Waals surface area contributed by atoms with Gasteiger partial charge in [0.15, 0.2) is 0 Å². The first-order valence-corrected chi connectivity index (χ1v) is 7.67. The summed E-state index contributed by atoms with van der Waals surface area (Å²) in [5.74, 6) is -0.103. The molecular weight excluding hydrogens is 290 g/mol. The van der Waals surface area contributed by atoms with Gasteiger partial charge in [-0.3, -0.25) is 9.69 Å². The van der Waals surface area contributed by atoms with Crippen molar-refractivity contribution in [2.24, 2.45) is 0 Å². The van der Waals surface area contributed by atoms with E-state index in [2.05, 4.69) is 10.2 Å². The Kier molecular flexibility index (Phi) is 5.85. The standard InChI is InChI=1S/C15H22ClN3O2/c16-11-5-6-13(17)14(9-11)18-15(21)10-19(7-2-8-20)12-3-1-4-12/h5-6,9,12,20H,1-4,7-8,10,17H2,(H,18,21). The van der Waals surface area contributed by atoms with Gasteiger partial charge in [-0.1, -0.05) is 18.0 Å². The molecule has 1 aromatic carbocycles. The molecule has 116 valence electrons. The molecule has 0 spiro atoms. The molecule has 0 unspecified atom stereocenters. The summed E-state index contributed by atoms with van der Waals surface area (Å²) in [6, 6.07) is 5.47. The Bertz CT molecular complexity index is 492. The third-order valence-corrected chi connectivity index (χ3v) is 4.07. The Morgan fingerprint density at radius 2 is 2.24 bits per heavy atom. The van der Waals surface area contributed by atoms with Gasteiger partial charge in [0, 0.05) is 24.2 Å². The van der Waals surface area contributed by atoms with Crippen LogP contribution in [0.4, 0.5) is 11.4 Å². The summed E-state index contributed by atoms with van der Waals surface area (Å²) < 4.78 is 0. The third-order valence-electron chi connectivity index (χ3n) is 3.83. The number of hydrogen-bond acceptors (Lipinski definition) is 4. The van der Waals surface area contributed by atoms with E-state index in [1.54, 1.807) is 18.2 Å². The van der Waals surface area contributed by atoms with Crippen molar-refractivity contribution in [2.45, 2.75) is 31.7 Å². The number of nitrogens with one attached hydrogen (secondary N) is 1. The maximum atomic E-state index is 12.2.